The summed E-state index contributed by atoms with van der Waals surface area (Å²) < 4.78 is 1.72. The number of carbonyl (C=O) groups is 2. The number of piperidine rings is 1. The predicted molar refractivity (Wildman–Crippen MR) is 89.0 cm³/mol. The number of likely N-dealkylation sites (tertiary alicyclic amines) is 1. The van der Waals surface area contributed by atoms with Crippen LogP contribution in [0.4, 0.5) is 0 Å². The molecule has 1 saturated carbocycles. The predicted octanol–water partition coefficient (Wildman–Crippen LogP) is 0.903. The van der Waals surface area contributed by atoms with Gasteiger partial charge in [-0.2, -0.15) is 5.10 Å². The number of amides is 2. The highest BCUT2D eigenvalue weighted by molar-refractivity contribution is 5.81. The number of aromatic nitrogens is 3. The van der Waals surface area contributed by atoms with Crippen LogP contribution in [-0.2, 0) is 23.1 Å². The lowest BCUT2D eigenvalue weighted by Gasteiger charge is -2.33. The van der Waals surface area contributed by atoms with Crippen LogP contribution in [0, 0.1) is 11.8 Å². The fourth-order valence-corrected chi connectivity index (χ4v) is 3.78. The Balaban J connectivity index is 1.38. The van der Waals surface area contributed by atoms with E-state index in [0.29, 0.717) is 18.9 Å². The Hall–Kier alpha value is -1.92. The lowest BCUT2D eigenvalue weighted by molar-refractivity contribution is -0.139. The van der Waals surface area contributed by atoms with Crippen LogP contribution in [0.3, 0.4) is 0 Å². The van der Waals surface area contributed by atoms with Gasteiger partial charge in [-0.1, -0.05) is 12.8 Å². The normalized spacial score (nSPS) is 19.6. The number of hydrogen-bond acceptors (Lipinski definition) is 4. The van der Waals surface area contributed by atoms with Crippen LogP contribution in [-0.4, -0.2) is 51.1 Å². The quantitative estimate of drug-likeness (QED) is 0.868. The van der Waals surface area contributed by atoms with Gasteiger partial charge in [-0.05, 0) is 25.7 Å². The van der Waals surface area contributed by atoms with Crippen LogP contribution in [0.25, 0.3) is 0 Å². The second-order valence-electron chi connectivity index (χ2n) is 6.92. The Morgan fingerprint density at radius 1 is 1.17 bits per heavy atom. The molecule has 2 heterocycles. The summed E-state index contributed by atoms with van der Waals surface area (Å²) in [5, 5.41) is 7.01. The van der Waals surface area contributed by atoms with Gasteiger partial charge in [-0.25, -0.2) is 4.98 Å². The van der Waals surface area contributed by atoms with Crippen LogP contribution < -0.4 is 5.32 Å². The van der Waals surface area contributed by atoms with Gasteiger partial charge < -0.3 is 10.2 Å². The van der Waals surface area contributed by atoms with Crippen LogP contribution in [0.1, 0.15) is 44.3 Å². The lowest BCUT2D eigenvalue weighted by Crippen LogP contribution is -2.45. The first-order chi connectivity index (χ1) is 11.6. The second kappa shape index (κ2) is 7.77. The zero-order valence-electron chi connectivity index (χ0n) is 14.4. The summed E-state index contributed by atoms with van der Waals surface area (Å²) in [5.74, 6) is 1.55. The Labute approximate surface area is 142 Å². The Bertz CT molecular complexity index is 571. The van der Waals surface area contributed by atoms with Crippen molar-refractivity contribution < 1.29 is 9.59 Å². The largest absolute Gasteiger partial charge is 0.355 e. The summed E-state index contributed by atoms with van der Waals surface area (Å²) in [5.41, 5.74) is 0. The molecule has 24 heavy (non-hydrogen) atoms. The molecule has 1 N–H and O–H groups in total. The molecule has 2 amide bonds. The first kappa shape index (κ1) is 16.9. The van der Waals surface area contributed by atoms with E-state index in [9.17, 15) is 9.59 Å². The van der Waals surface area contributed by atoms with Crippen molar-refractivity contribution in [2.45, 2.75) is 44.9 Å². The van der Waals surface area contributed by atoms with Crippen molar-refractivity contribution in [2.75, 3.05) is 19.6 Å². The standard InChI is InChI=1S/C17H27N5O2/c1-21-15(19-12-20-21)6-9-18-16(23)13-7-10-22(11-8-13)17(24)14-4-2-3-5-14/h12-14H,2-11H2,1H3,(H,18,23). The highest BCUT2D eigenvalue weighted by Crippen LogP contribution is 2.28. The summed E-state index contributed by atoms with van der Waals surface area (Å²) in [6.07, 6.45) is 8.20. The minimum atomic E-state index is 0.0251. The molecule has 1 aliphatic heterocycles. The Morgan fingerprint density at radius 2 is 1.88 bits per heavy atom. The number of aryl methyl sites for hydroxylation is 1. The SMILES string of the molecule is Cn1ncnc1CCNC(=O)C1CCN(C(=O)C2CCCC2)CC1. The molecular weight excluding hydrogens is 306 g/mol. The summed E-state index contributed by atoms with van der Waals surface area (Å²) in [4.78, 5) is 30.8. The number of hydrogen-bond donors (Lipinski definition) is 1. The maximum absolute atomic E-state index is 12.4. The zero-order valence-corrected chi connectivity index (χ0v) is 14.4. The molecule has 1 saturated heterocycles. The maximum atomic E-state index is 12.4. The van der Waals surface area contributed by atoms with Crippen molar-refractivity contribution in [1.82, 2.24) is 25.0 Å². The van der Waals surface area contributed by atoms with Gasteiger partial charge in [0.2, 0.25) is 11.8 Å². The van der Waals surface area contributed by atoms with Crippen LogP contribution in [0.2, 0.25) is 0 Å². The van der Waals surface area contributed by atoms with Crippen LogP contribution in [0.5, 0.6) is 0 Å². The summed E-state index contributed by atoms with van der Waals surface area (Å²) in [6.45, 7) is 2.01. The third-order valence-electron chi connectivity index (χ3n) is 5.33. The van der Waals surface area contributed by atoms with E-state index < -0.39 is 0 Å². The van der Waals surface area contributed by atoms with Crippen molar-refractivity contribution in [3.05, 3.63) is 12.2 Å². The molecule has 1 aliphatic carbocycles. The van der Waals surface area contributed by atoms with Crippen molar-refractivity contribution >= 4 is 11.8 Å². The first-order valence-electron chi connectivity index (χ1n) is 9.04. The molecule has 1 aromatic rings. The Kier molecular flexibility index (Phi) is 5.48. The molecule has 3 rings (SSSR count). The van der Waals surface area contributed by atoms with E-state index in [2.05, 4.69) is 15.4 Å². The third-order valence-corrected chi connectivity index (χ3v) is 5.33. The van der Waals surface area contributed by atoms with Gasteiger partial charge in [0.25, 0.3) is 0 Å². The van der Waals surface area contributed by atoms with Gasteiger partial charge in [0, 0.05) is 44.9 Å². The third kappa shape index (κ3) is 3.94. The molecular formula is C17H27N5O2. The molecule has 0 spiro atoms. The lowest BCUT2D eigenvalue weighted by atomic mass is 9.94. The van der Waals surface area contributed by atoms with Crippen molar-refractivity contribution in [2.24, 2.45) is 18.9 Å². The molecule has 2 aliphatic rings. The van der Waals surface area contributed by atoms with E-state index >= 15 is 0 Å². The molecule has 0 radical (unpaired) electrons. The first-order valence-corrected chi connectivity index (χ1v) is 9.04. The minimum Gasteiger partial charge on any atom is -0.355 e. The highest BCUT2D eigenvalue weighted by Gasteiger charge is 2.31. The van der Waals surface area contributed by atoms with E-state index in [-0.39, 0.29) is 17.7 Å². The van der Waals surface area contributed by atoms with Gasteiger partial charge >= 0.3 is 0 Å². The number of carbonyl (C=O) groups excluding carboxylic acids is 2. The molecule has 0 bridgehead atoms. The second-order valence-corrected chi connectivity index (χ2v) is 6.92. The van der Waals surface area contributed by atoms with Gasteiger partial charge in [0.05, 0.1) is 0 Å². The monoisotopic (exact) mass is 333 g/mol. The number of nitrogens with one attached hydrogen (secondary N) is 1. The van der Waals surface area contributed by atoms with E-state index in [1.165, 1.54) is 19.2 Å². The molecule has 0 aromatic carbocycles. The highest BCUT2D eigenvalue weighted by atomic mass is 16.2. The average Bonchev–Trinajstić information content (AvgIpc) is 3.26. The van der Waals surface area contributed by atoms with Gasteiger partial charge in [-0.3, -0.25) is 14.3 Å². The van der Waals surface area contributed by atoms with Gasteiger partial charge in [0.15, 0.2) is 0 Å². The summed E-state index contributed by atoms with van der Waals surface area (Å²) >= 11 is 0. The molecule has 1 aromatic heterocycles. The topological polar surface area (TPSA) is 80.1 Å². The number of nitrogens with zero attached hydrogens (tertiary/aromatic N) is 4. The smallest absolute Gasteiger partial charge is 0.225 e. The van der Waals surface area contributed by atoms with Crippen molar-refractivity contribution in [1.29, 1.82) is 0 Å². The molecule has 0 unspecified atom stereocenters. The average molecular weight is 333 g/mol. The molecule has 7 heteroatoms. The fourth-order valence-electron chi connectivity index (χ4n) is 3.78. The maximum Gasteiger partial charge on any atom is 0.225 e. The Morgan fingerprint density at radius 3 is 2.50 bits per heavy atom. The zero-order chi connectivity index (χ0) is 16.9. The molecule has 0 atom stereocenters. The van der Waals surface area contributed by atoms with E-state index in [0.717, 1.165) is 44.6 Å². The minimum absolute atomic E-state index is 0.0251. The number of rotatable bonds is 5. The fraction of sp³-hybridized carbons (Fsp3) is 0.765. The van der Waals surface area contributed by atoms with E-state index in [1.807, 2.05) is 11.9 Å². The van der Waals surface area contributed by atoms with Crippen molar-refractivity contribution in [3.63, 3.8) is 0 Å². The molecule has 132 valence electrons. The van der Waals surface area contributed by atoms with Crippen LogP contribution in [0.15, 0.2) is 6.33 Å². The summed E-state index contributed by atoms with van der Waals surface area (Å²) in [6, 6.07) is 0. The van der Waals surface area contributed by atoms with Crippen molar-refractivity contribution in [3.8, 4) is 0 Å². The van der Waals surface area contributed by atoms with E-state index in [4.69, 9.17) is 0 Å². The van der Waals surface area contributed by atoms with Crippen LogP contribution >= 0.6 is 0 Å². The van der Waals surface area contributed by atoms with Gasteiger partial charge in [-0.15, -0.1) is 0 Å². The molecule has 7 nitrogen and oxygen atoms in total. The van der Waals surface area contributed by atoms with E-state index in [1.54, 1.807) is 4.68 Å². The van der Waals surface area contributed by atoms with Gasteiger partial charge in [0.1, 0.15) is 12.2 Å². The molecule has 2 fully saturated rings. The summed E-state index contributed by atoms with van der Waals surface area (Å²) in [7, 11) is 1.85.